The number of nitrogens with one attached hydrogen (secondary N) is 1. The van der Waals surface area contributed by atoms with Crippen molar-refractivity contribution >= 4 is 17.9 Å². The highest BCUT2D eigenvalue weighted by molar-refractivity contribution is 5.93. The minimum atomic E-state index is -2.58. The van der Waals surface area contributed by atoms with E-state index in [9.17, 15) is 18.4 Å². The Morgan fingerprint density at radius 2 is 1.96 bits per heavy atom. The number of urea groups is 1. The van der Waals surface area contributed by atoms with E-state index in [0.717, 1.165) is 19.0 Å². The third-order valence-corrected chi connectivity index (χ3v) is 4.81. The number of anilines is 1. The van der Waals surface area contributed by atoms with E-state index in [2.05, 4.69) is 10.3 Å². The first kappa shape index (κ1) is 17.4. The maximum atomic E-state index is 12.6. The zero-order chi connectivity index (χ0) is 18.0. The lowest BCUT2D eigenvalue weighted by Gasteiger charge is -2.34. The van der Waals surface area contributed by atoms with Crippen LogP contribution in [0.15, 0.2) is 18.3 Å². The zero-order valence-corrected chi connectivity index (χ0v) is 13.6. The molecule has 2 heterocycles. The van der Waals surface area contributed by atoms with E-state index < -0.39 is 12.5 Å². The summed E-state index contributed by atoms with van der Waals surface area (Å²) in [4.78, 5) is 30.6. The molecule has 1 saturated heterocycles. The monoisotopic (exact) mass is 354 g/mol. The molecule has 2 fully saturated rings. The molecule has 0 radical (unpaired) electrons. The summed E-state index contributed by atoms with van der Waals surface area (Å²) in [6, 6.07) is 2.56. The largest absolute Gasteiger partial charge is 0.465 e. The average molecular weight is 354 g/mol. The number of halogens is 2. The van der Waals surface area contributed by atoms with E-state index in [1.165, 1.54) is 17.0 Å². The minimum absolute atomic E-state index is 0.0638. The summed E-state index contributed by atoms with van der Waals surface area (Å²) in [7, 11) is 0. The van der Waals surface area contributed by atoms with E-state index in [0.29, 0.717) is 31.7 Å². The van der Waals surface area contributed by atoms with Gasteiger partial charge in [0.25, 0.3) is 6.43 Å². The summed E-state index contributed by atoms with van der Waals surface area (Å²) in [6.07, 6.45) is 0.361. The normalized spacial score (nSPS) is 24.0. The molecule has 3 amide bonds. The van der Waals surface area contributed by atoms with Crippen LogP contribution in [0.25, 0.3) is 0 Å². The summed E-state index contributed by atoms with van der Waals surface area (Å²) >= 11 is 0. The molecule has 136 valence electrons. The lowest BCUT2D eigenvalue weighted by atomic mass is 9.90. The Labute approximate surface area is 143 Å². The van der Waals surface area contributed by atoms with Crippen molar-refractivity contribution in [2.75, 3.05) is 18.0 Å². The number of pyridine rings is 1. The fourth-order valence-corrected chi connectivity index (χ4v) is 3.50. The quantitative estimate of drug-likeness (QED) is 0.871. The molecule has 9 heteroatoms. The number of carboxylic acid groups (broad SMARTS) is 1. The summed E-state index contributed by atoms with van der Waals surface area (Å²) in [5.74, 6) is 0.373. The molecule has 2 aliphatic rings. The van der Waals surface area contributed by atoms with Gasteiger partial charge in [0, 0.05) is 36.9 Å². The number of alkyl halides is 2. The van der Waals surface area contributed by atoms with Crippen LogP contribution >= 0.6 is 0 Å². The van der Waals surface area contributed by atoms with Gasteiger partial charge in [-0.2, -0.15) is 0 Å². The highest BCUT2D eigenvalue weighted by Gasteiger charge is 2.37. The van der Waals surface area contributed by atoms with Crippen molar-refractivity contribution < 1.29 is 23.5 Å². The molecule has 0 atom stereocenters. The Bertz CT molecular complexity index is 633. The lowest BCUT2D eigenvalue weighted by molar-refractivity contribution is 0.151. The van der Waals surface area contributed by atoms with Gasteiger partial charge in [0.1, 0.15) is 5.82 Å². The fraction of sp³-hybridized carbons (Fsp3) is 0.562. The number of hydrogen-bond donors (Lipinski definition) is 2. The Balaban J connectivity index is 1.59. The molecular formula is C16H20F2N4O3. The van der Waals surface area contributed by atoms with Gasteiger partial charge in [-0.3, -0.25) is 4.90 Å². The van der Waals surface area contributed by atoms with Crippen molar-refractivity contribution in [3.8, 4) is 0 Å². The number of amides is 3. The first-order valence-corrected chi connectivity index (χ1v) is 8.27. The van der Waals surface area contributed by atoms with Gasteiger partial charge in [-0.05, 0) is 37.8 Å². The van der Waals surface area contributed by atoms with Gasteiger partial charge in [0.05, 0.1) is 0 Å². The number of rotatable bonds is 4. The van der Waals surface area contributed by atoms with Crippen LogP contribution in [-0.4, -0.2) is 52.3 Å². The molecule has 1 aliphatic carbocycles. The smallest absolute Gasteiger partial charge is 0.404 e. The molecule has 1 aliphatic heterocycles. The predicted octanol–water partition coefficient (Wildman–Crippen LogP) is 2.84. The van der Waals surface area contributed by atoms with Gasteiger partial charge in [-0.1, -0.05) is 0 Å². The highest BCUT2D eigenvalue weighted by atomic mass is 19.3. The Morgan fingerprint density at radius 1 is 1.24 bits per heavy atom. The molecule has 25 heavy (non-hydrogen) atoms. The molecule has 0 bridgehead atoms. The topological polar surface area (TPSA) is 85.8 Å². The van der Waals surface area contributed by atoms with E-state index in [-0.39, 0.29) is 23.7 Å². The third kappa shape index (κ3) is 3.80. The summed E-state index contributed by atoms with van der Waals surface area (Å²) in [5.41, 5.74) is -0.170. The number of carbonyl (C=O) groups is 2. The molecule has 1 aromatic heterocycles. The van der Waals surface area contributed by atoms with Crippen molar-refractivity contribution in [1.82, 2.24) is 15.2 Å². The Morgan fingerprint density at radius 3 is 2.52 bits per heavy atom. The maximum Gasteiger partial charge on any atom is 0.404 e. The third-order valence-electron chi connectivity index (χ3n) is 4.81. The van der Waals surface area contributed by atoms with Crippen molar-refractivity contribution in [3.63, 3.8) is 0 Å². The second-order valence-corrected chi connectivity index (χ2v) is 6.33. The molecule has 3 rings (SSSR count). The van der Waals surface area contributed by atoms with Crippen LogP contribution in [-0.2, 0) is 0 Å². The first-order chi connectivity index (χ1) is 12.0. The molecule has 1 aromatic rings. The van der Waals surface area contributed by atoms with Gasteiger partial charge < -0.3 is 15.3 Å². The Hall–Kier alpha value is -2.45. The summed E-state index contributed by atoms with van der Waals surface area (Å²) in [5, 5.41) is 11.2. The fourth-order valence-electron chi connectivity index (χ4n) is 3.50. The second kappa shape index (κ2) is 7.20. The average Bonchev–Trinajstić information content (AvgIpc) is 2.97. The van der Waals surface area contributed by atoms with Crippen LogP contribution in [0.3, 0.4) is 0 Å². The molecular weight excluding hydrogens is 334 g/mol. The lowest BCUT2D eigenvalue weighted by Crippen LogP contribution is -2.45. The van der Waals surface area contributed by atoms with Crippen molar-refractivity contribution in [1.29, 1.82) is 0 Å². The van der Waals surface area contributed by atoms with Crippen LogP contribution in [0, 0.1) is 0 Å². The van der Waals surface area contributed by atoms with E-state index in [4.69, 9.17) is 5.11 Å². The second-order valence-electron chi connectivity index (χ2n) is 6.33. The van der Waals surface area contributed by atoms with Crippen LogP contribution < -0.4 is 10.2 Å². The van der Waals surface area contributed by atoms with Crippen LogP contribution in [0.1, 0.15) is 37.7 Å². The van der Waals surface area contributed by atoms with E-state index in [1.807, 2.05) is 0 Å². The maximum absolute atomic E-state index is 12.6. The number of carbonyl (C=O) groups excluding carboxylic acids is 1. The van der Waals surface area contributed by atoms with E-state index >= 15 is 0 Å². The van der Waals surface area contributed by atoms with Crippen LogP contribution in [0.5, 0.6) is 0 Å². The molecule has 0 unspecified atom stereocenters. The van der Waals surface area contributed by atoms with Gasteiger partial charge in [0.15, 0.2) is 0 Å². The summed E-state index contributed by atoms with van der Waals surface area (Å²) < 4.78 is 25.2. The van der Waals surface area contributed by atoms with E-state index in [1.54, 1.807) is 4.90 Å². The van der Waals surface area contributed by atoms with Gasteiger partial charge in [-0.15, -0.1) is 0 Å². The molecule has 1 saturated carbocycles. The summed E-state index contributed by atoms with van der Waals surface area (Å²) in [6.45, 7) is 1.02. The van der Waals surface area contributed by atoms with Crippen molar-refractivity contribution in [2.45, 2.75) is 44.2 Å². The number of aromatic nitrogens is 1. The van der Waals surface area contributed by atoms with Crippen LogP contribution in [0.2, 0.25) is 0 Å². The minimum Gasteiger partial charge on any atom is -0.465 e. The molecule has 7 nitrogen and oxygen atoms in total. The zero-order valence-electron chi connectivity index (χ0n) is 13.6. The number of nitrogens with zero attached hydrogens (tertiary/aromatic N) is 3. The highest BCUT2D eigenvalue weighted by Crippen LogP contribution is 2.28. The molecule has 0 spiro atoms. The molecule has 0 aromatic carbocycles. The predicted molar refractivity (Wildman–Crippen MR) is 85.8 cm³/mol. The Kier molecular flexibility index (Phi) is 5.00. The first-order valence-electron chi connectivity index (χ1n) is 8.27. The SMILES string of the molecule is O=C(O)N[C@H]1CC[C@H](N2CCN(c3ccc(C(F)F)cn3)C2=O)CC1. The number of hydrogen-bond acceptors (Lipinski definition) is 3. The van der Waals surface area contributed by atoms with Crippen LogP contribution in [0.4, 0.5) is 24.2 Å². The van der Waals surface area contributed by atoms with Gasteiger partial charge in [0.2, 0.25) is 0 Å². The molecule has 2 N–H and O–H groups in total. The van der Waals surface area contributed by atoms with Crippen molar-refractivity contribution in [2.24, 2.45) is 0 Å². The van der Waals surface area contributed by atoms with Crippen molar-refractivity contribution in [3.05, 3.63) is 23.9 Å². The van der Waals surface area contributed by atoms with Gasteiger partial charge in [-0.25, -0.2) is 23.4 Å². The standard InChI is InChI=1S/C16H20F2N4O3/c17-14(18)10-1-6-13(19-9-10)22-8-7-21(16(22)25)12-4-2-11(3-5-12)20-15(23)24/h1,6,9,11-12,14,20H,2-5,7-8H2,(H,23,24)/t11-,12-. The van der Waals surface area contributed by atoms with Gasteiger partial charge >= 0.3 is 12.1 Å².